The predicted molar refractivity (Wildman–Crippen MR) is 70.8 cm³/mol. The van der Waals surface area contributed by atoms with Crippen molar-refractivity contribution in [2.45, 2.75) is 6.92 Å². The maximum absolute atomic E-state index is 12.4. The van der Waals surface area contributed by atoms with Gasteiger partial charge in [-0.2, -0.15) is 0 Å². The molecule has 0 unspecified atom stereocenters. The van der Waals surface area contributed by atoms with Crippen molar-refractivity contribution in [2.24, 2.45) is 0 Å². The highest BCUT2D eigenvalue weighted by atomic mass is 19.1. The van der Waals surface area contributed by atoms with Crippen molar-refractivity contribution < 1.29 is 14.1 Å². The van der Waals surface area contributed by atoms with E-state index in [1.807, 2.05) is 6.92 Å². The lowest BCUT2D eigenvalue weighted by atomic mass is 10.2. The highest BCUT2D eigenvalue weighted by Gasteiger charge is 1.98. The van der Waals surface area contributed by atoms with Gasteiger partial charge in [0.05, 0.1) is 12.0 Å². The number of para-hydroxylation sites is 1. The Labute approximate surface area is 110 Å². The Morgan fingerprint density at radius 1 is 1.16 bits per heavy atom. The van der Waals surface area contributed by atoms with Gasteiger partial charge in [0.25, 0.3) is 5.69 Å². The number of benzene rings is 2. The van der Waals surface area contributed by atoms with Gasteiger partial charge in [0.2, 0.25) is 0 Å². The molecule has 0 heterocycles. The maximum Gasteiger partial charge on any atom is 0.269 e. The fourth-order valence-electron chi connectivity index (χ4n) is 1.39. The summed E-state index contributed by atoms with van der Waals surface area (Å²) >= 11 is 0. The number of rotatable bonds is 2. The summed E-state index contributed by atoms with van der Waals surface area (Å²) in [6.45, 7) is 1.81. The minimum atomic E-state index is -0.417. The molecule has 0 aromatic heterocycles. The maximum atomic E-state index is 12.4. The number of non-ortho nitro benzene ring substituents is 1. The number of nitrogens with zero attached hydrogens (tertiary/aromatic N) is 1. The number of hydrogen-bond donors (Lipinski definition) is 0. The van der Waals surface area contributed by atoms with E-state index >= 15 is 0 Å². The van der Waals surface area contributed by atoms with E-state index in [0.29, 0.717) is 0 Å². The highest BCUT2D eigenvalue weighted by Crippen LogP contribution is 2.16. The Kier molecular flexibility index (Phi) is 5.47. The molecule has 2 aromatic rings. The lowest BCUT2D eigenvalue weighted by Crippen LogP contribution is -1.86. The summed E-state index contributed by atoms with van der Waals surface area (Å²) in [4.78, 5) is 9.59. The molecule has 0 bridgehead atoms. The fraction of sp³-hybridized carbons (Fsp3) is 0.143. The third kappa shape index (κ3) is 4.75. The van der Waals surface area contributed by atoms with Gasteiger partial charge in [-0.1, -0.05) is 18.2 Å². The third-order valence-corrected chi connectivity index (χ3v) is 2.32. The van der Waals surface area contributed by atoms with E-state index < -0.39 is 4.92 Å². The standard InChI is InChI=1S/C8H9FO.C6H5NO2/c1-6-5-7(9)3-4-8(6)10-2;8-7(9)6-4-2-1-3-5-6/h3-5H,1-2H3;1-5H. The number of nitro benzene ring substituents is 1. The zero-order valence-corrected chi connectivity index (χ0v) is 10.7. The number of halogens is 1. The minimum absolute atomic E-state index is 0.137. The van der Waals surface area contributed by atoms with Crippen molar-refractivity contribution in [3.63, 3.8) is 0 Å². The number of aryl methyl sites for hydroxylation is 1. The second-order valence-electron chi connectivity index (χ2n) is 3.71. The van der Waals surface area contributed by atoms with E-state index in [1.165, 1.54) is 24.3 Å². The number of nitro groups is 1. The molecule has 0 spiro atoms. The Hall–Kier alpha value is -2.43. The Morgan fingerprint density at radius 3 is 2.21 bits per heavy atom. The fourth-order valence-corrected chi connectivity index (χ4v) is 1.39. The molecule has 4 nitrogen and oxygen atoms in total. The van der Waals surface area contributed by atoms with Crippen LogP contribution in [0.2, 0.25) is 0 Å². The Bertz CT molecular complexity index is 544. The molecule has 2 aromatic carbocycles. The Balaban J connectivity index is 0.000000191. The summed E-state index contributed by atoms with van der Waals surface area (Å²) in [5.74, 6) is 0.500. The van der Waals surface area contributed by atoms with Gasteiger partial charge in [0, 0.05) is 12.1 Å². The molecule has 0 amide bonds. The first kappa shape index (κ1) is 14.6. The van der Waals surface area contributed by atoms with E-state index in [9.17, 15) is 14.5 Å². The van der Waals surface area contributed by atoms with Crippen molar-refractivity contribution in [1.82, 2.24) is 0 Å². The van der Waals surface area contributed by atoms with Gasteiger partial charge in [0.1, 0.15) is 11.6 Å². The molecule has 0 atom stereocenters. The SMILES string of the molecule is COc1ccc(F)cc1C.O=[N+]([O-])c1ccccc1. The van der Waals surface area contributed by atoms with Crippen molar-refractivity contribution in [2.75, 3.05) is 7.11 Å². The van der Waals surface area contributed by atoms with Gasteiger partial charge in [-0.25, -0.2) is 4.39 Å². The van der Waals surface area contributed by atoms with Gasteiger partial charge in [-0.3, -0.25) is 10.1 Å². The summed E-state index contributed by atoms with van der Waals surface area (Å²) in [7, 11) is 1.57. The Morgan fingerprint density at radius 2 is 1.79 bits per heavy atom. The van der Waals surface area contributed by atoms with E-state index in [-0.39, 0.29) is 11.5 Å². The first-order chi connectivity index (χ1) is 9.04. The molecule has 0 N–H and O–H groups in total. The van der Waals surface area contributed by atoms with E-state index in [4.69, 9.17) is 4.74 Å². The summed E-state index contributed by atoms with van der Waals surface area (Å²) in [5.41, 5.74) is 0.958. The molecule has 0 fully saturated rings. The molecule has 2 rings (SSSR count). The van der Waals surface area contributed by atoms with Gasteiger partial charge >= 0.3 is 0 Å². The molecule has 100 valence electrons. The van der Waals surface area contributed by atoms with Crippen LogP contribution in [-0.2, 0) is 0 Å². The number of ether oxygens (including phenoxy) is 1. The lowest BCUT2D eigenvalue weighted by Gasteiger charge is -2.01. The molecule has 0 aliphatic rings. The summed E-state index contributed by atoms with van der Waals surface area (Å²) < 4.78 is 17.4. The van der Waals surface area contributed by atoms with E-state index in [2.05, 4.69) is 0 Å². The van der Waals surface area contributed by atoms with Crippen LogP contribution in [0.1, 0.15) is 5.56 Å². The molecule has 0 saturated carbocycles. The van der Waals surface area contributed by atoms with E-state index in [0.717, 1.165) is 11.3 Å². The normalized spacial score (nSPS) is 9.21. The average molecular weight is 263 g/mol. The molecule has 0 aliphatic carbocycles. The molecule has 0 radical (unpaired) electrons. The van der Waals surface area contributed by atoms with Crippen LogP contribution >= 0.6 is 0 Å². The second-order valence-corrected chi connectivity index (χ2v) is 3.71. The first-order valence-electron chi connectivity index (χ1n) is 5.54. The van der Waals surface area contributed by atoms with Gasteiger partial charge in [0.15, 0.2) is 0 Å². The highest BCUT2D eigenvalue weighted by molar-refractivity contribution is 5.32. The van der Waals surface area contributed by atoms with Crippen LogP contribution in [0.15, 0.2) is 48.5 Å². The lowest BCUT2D eigenvalue weighted by molar-refractivity contribution is -0.384. The molecular formula is C14H14FNO3. The molecule has 5 heteroatoms. The molecule has 0 aliphatic heterocycles. The molecular weight excluding hydrogens is 249 g/mol. The van der Waals surface area contributed by atoms with Crippen molar-refractivity contribution in [3.8, 4) is 5.75 Å². The minimum Gasteiger partial charge on any atom is -0.496 e. The monoisotopic (exact) mass is 263 g/mol. The molecule has 0 saturated heterocycles. The number of methoxy groups -OCH3 is 1. The van der Waals surface area contributed by atoms with Crippen LogP contribution in [0.4, 0.5) is 10.1 Å². The van der Waals surface area contributed by atoms with Crippen molar-refractivity contribution >= 4 is 5.69 Å². The van der Waals surface area contributed by atoms with Crippen LogP contribution in [0, 0.1) is 22.9 Å². The zero-order valence-electron chi connectivity index (χ0n) is 10.7. The van der Waals surface area contributed by atoms with Crippen molar-refractivity contribution in [1.29, 1.82) is 0 Å². The van der Waals surface area contributed by atoms with E-state index in [1.54, 1.807) is 31.4 Å². The smallest absolute Gasteiger partial charge is 0.269 e. The van der Waals surface area contributed by atoms with Crippen LogP contribution in [-0.4, -0.2) is 12.0 Å². The predicted octanol–water partition coefficient (Wildman–Crippen LogP) is 3.74. The first-order valence-corrected chi connectivity index (χ1v) is 5.54. The van der Waals surface area contributed by atoms with Crippen LogP contribution < -0.4 is 4.74 Å². The summed E-state index contributed by atoms with van der Waals surface area (Å²) in [6.07, 6.45) is 0. The third-order valence-electron chi connectivity index (χ3n) is 2.32. The van der Waals surface area contributed by atoms with Gasteiger partial charge < -0.3 is 4.74 Å². The topological polar surface area (TPSA) is 52.4 Å². The summed E-state index contributed by atoms with van der Waals surface area (Å²) in [5, 5.41) is 10.0. The van der Waals surface area contributed by atoms with Gasteiger partial charge in [-0.15, -0.1) is 0 Å². The average Bonchev–Trinajstić information content (AvgIpc) is 2.40. The van der Waals surface area contributed by atoms with Gasteiger partial charge in [-0.05, 0) is 30.7 Å². The quantitative estimate of drug-likeness (QED) is 0.612. The van der Waals surface area contributed by atoms with Crippen LogP contribution in [0.3, 0.4) is 0 Å². The second kappa shape index (κ2) is 7.10. The zero-order chi connectivity index (χ0) is 14.3. The molecule has 19 heavy (non-hydrogen) atoms. The summed E-state index contributed by atoms with van der Waals surface area (Å²) in [6, 6.07) is 12.4. The largest absolute Gasteiger partial charge is 0.496 e. The van der Waals surface area contributed by atoms with Crippen molar-refractivity contribution in [3.05, 3.63) is 70.0 Å². The van der Waals surface area contributed by atoms with Crippen LogP contribution in [0.5, 0.6) is 5.75 Å². The number of hydrogen-bond acceptors (Lipinski definition) is 3. The van der Waals surface area contributed by atoms with Crippen LogP contribution in [0.25, 0.3) is 0 Å².